The van der Waals surface area contributed by atoms with Crippen molar-refractivity contribution in [3.63, 3.8) is 0 Å². The summed E-state index contributed by atoms with van der Waals surface area (Å²) < 4.78 is 56.6. The normalized spacial score (nSPS) is 42.4. The minimum absolute atomic E-state index is 0.0844. The lowest BCUT2D eigenvalue weighted by Crippen LogP contribution is -2.61. The predicted octanol–water partition coefficient (Wildman–Crippen LogP) is 5.06. The summed E-state index contributed by atoms with van der Waals surface area (Å²) in [5, 5.41) is 27.3. The van der Waals surface area contributed by atoms with Gasteiger partial charge in [0, 0.05) is 44.6 Å². The van der Waals surface area contributed by atoms with Crippen LogP contribution in [0.1, 0.15) is 100 Å². The zero-order chi connectivity index (χ0) is 48.2. The molecule has 0 saturated carbocycles. The highest BCUT2D eigenvalue weighted by Gasteiger charge is 2.58. The van der Waals surface area contributed by atoms with Crippen molar-refractivity contribution in [1.29, 1.82) is 0 Å². The van der Waals surface area contributed by atoms with E-state index in [0.717, 1.165) is 5.56 Å². The van der Waals surface area contributed by atoms with E-state index in [9.17, 15) is 24.6 Å². The number of rotatable bonds is 11. The number of carbonyl (C=O) groups excluding carboxylic acids is 3. The number of ether oxygens (including phenoxy) is 9. The van der Waals surface area contributed by atoms with Crippen LogP contribution in [0.3, 0.4) is 0 Å². The molecule has 1 aromatic rings. The van der Waals surface area contributed by atoms with Gasteiger partial charge in [0.15, 0.2) is 30.4 Å². The number of carbonyl (C=O) groups is 3. The van der Waals surface area contributed by atoms with Crippen LogP contribution >= 0.6 is 0 Å². The molecule has 4 heterocycles. The smallest absolute Gasteiger partial charge is 0.458 e. The highest BCUT2D eigenvalue weighted by atomic mass is 16.8. The second-order valence-corrected chi connectivity index (χ2v) is 20.1. The Kier molecular flexibility index (Phi) is 17.8. The molecule has 4 aliphatic rings. The van der Waals surface area contributed by atoms with Gasteiger partial charge in [0.2, 0.25) is 0 Å². The van der Waals surface area contributed by atoms with Crippen LogP contribution in [-0.4, -0.2) is 170 Å². The molecule has 0 aromatic heterocycles. The van der Waals surface area contributed by atoms with Crippen molar-refractivity contribution in [2.45, 2.75) is 192 Å². The number of fused-ring (bicyclic) bond motifs is 1. The third-order valence-corrected chi connectivity index (χ3v) is 14.4. The summed E-state index contributed by atoms with van der Waals surface area (Å²) >= 11 is 0. The van der Waals surface area contributed by atoms with E-state index in [-0.39, 0.29) is 36.9 Å². The molecular formula is C48H79N3O14. The van der Waals surface area contributed by atoms with Crippen molar-refractivity contribution in [3.05, 3.63) is 35.9 Å². The van der Waals surface area contributed by atoms with Gasteiger partial charge in [-0.25, -0.2) is 9.59 Å². The van der Waals surface area contributed by atoms with E-state index in [1.807, 2.05) is 103 Å². The first-order chi connectivity index (χ1) is 30.4. The Balaban J connectivity index is 1.50. The quantitative estimate of drug-likeness (QED) is 0.197. The molecule has 0 spiro atoms. The number of methoxy groups -OCH3 is 1. The van der Waals surface area contributed by atoms with E-state index in [1.165, 1.54) is 7.11 Å². The van der Waals surface area contributed by atoms with Crippen molar-refractivity contribution < 1.29 is 67.2 Å². The van der Waals surface area contributed by atoms with E-state index >= 15 is 0 Å². The molecule has 4 saturated heterocycles. The fourth-order valence-corrected chi connectivity index (χ4v) is 10.7. The van der Waals surface area contributed by atoms with Crippen LogP contribution < -0.4 is 5.32 Å². The molecule has 5 rings (SSSR count). The fraction of sp³-hybridized carbons (Fsp3) is 0.812. The third kappa shape index (κ3) is 12.3. The summed E-state index contributed by atoms with van der Waals surface area (Å²) in [5.74, 6) is -2.63. The van der Waals surface area contributed by atoms with Gasteiger partial charge in [0.05, 0.1) is 35.9 Å². The summed E-state index contributed by atoms with van der Waals surface area (Å²) in [4.78, 5) is 44.7. The first-order valence-corrected chi connectivity index (χ1v) is 23.5. The molecule has 17 heteroatoms. The molecule has 0 unspecified atom stereocenters. The van der Waals surface area contributed by atoms with Gasteiger partial charge < -0.3 is 63.1 Å². The fourth-order valence-electron chi connectivity index (χ4n) is 10.7. The summed E-state index contributed by atoms with van der Waals surface area (Å²) in [6, 6.07) is 9.13. The van der Waals surface area contributed by atoms with Gasteiger partial charge in [-0.1, -0.05) is 51.1 Å². The third-order valence-electron chi connectivity index (χ3n) is 14.4. The Hall–Kier alpha value is -3.13. The summed E-state index contributed by atoms with van der Waals surface area (Å²) in [7, 11) is 7.22. The first kappa shape index (κ1) is 52.8. The van der Waals surface area contributed by atoms with E-state index in [1.54, 1.807) is 27.7 Å². The minimum atomic E-state index is -1.59. The maximum atomic E-state index is 14.7. The largest absolute Gasteiger partial charge is 0.509 e. The molecule has 370 valence electrons. The second-order valence-electron chi connectivity index (χ2n) is 20.1. The number of nitrogens with one attached hydrogen (secondary N) is 1. The van der Waals surface area contributed by atoms with Crippen LogP contribution in [0.4, 0.5) is 9.59 Å². The van der Waals surface area contributed by atoms with Crippen LogP contribution in [0.5, 0.6) is 0 Å². The Labute approximate surface area is 386 Å². The molecule has 0 radical (unpaired) electrons. The highest BCUT2D eigenvalue weighted by Crippen LogP contribution is 2.42. The van der Waals surface area contributed by atoms with E-state index in [0.29, 0.717) is 32.4 Å². The molecule has 1 amide bonds. The number of likely N-dealkylation sites (N-methyl/N-ethyl adjacent to an activating group) is 2. The van der Waals surface area contributed by atoms with E-state index in [4.69, 9.17) is 42.6 Å². The number of hydrogen-bond donors (Lipinski definition) is 3. The van der Waals surface area contributed by atoms with Crippen molar-refractivity contribution in [2.75, 3.05) is 41.3 Å². The molecular weight excluding hydrogens is 843 g/mol. The SMILES string of the molecule is CC[C@H]1OC(=O)[C@H](C)[C@@H](O[C@H]2C[C@@](C)(OC)[C@@H](OC(=O)NCCc3ccccc3)[C@H](C)O2)[C@H](C)[C@@H](O[C@@H]2O[C@H](C)C[C@H](N(C)C)[C@H]2O)[C@@](C)(O)C[C@@H](C)CN(C)[C@H](C)[C@H]2OC(=O)O[C@@]21C. The molecule has 65 heavy (non-hydrogen) atoms. The number of aliphatic hydroxyl groups is 2. The lowest BCUT2D eigenvalue weighted by atomic mass is 9.77. The molecule has 18 atom stereocenters. The van der Waals surface area contributed by atoms with Crippen LogP contribution in [0, 0.1) is 17.8 Å². The number of alkyl carbamates (subject to hydrolysis) is 1. The maximum absolute atomic E-state index is 14.7. The number of esters is 1. The summed E-state index contributed by atoms with van der Waals surface area (Å²) in [6.45, 7) is 19.1. The van der Waals surface area contributed by atoms with Crippen LogP contribution in [0.2, 0.25) is 0 Å². The lowest BCUT2D eigenvalue weighted by Gasteiger charge is -2.49. The average Bonchev–Trinajstić information content (AvgIpc) is 3.55. The molecule has 3 N–H and O–H groups in total. The average molecular weight is 922 g/mol. The van der Waals surface area contributed by atoms with Gasteiger partial charge >= 0.3 is 18.2 Å². The minimum Gasteiger partial charge on any atom is -0.458 e. The van der Waals surface area contributed by atoms with Crippen molar-refractivity contribution in [3.8, 4) is 0 Å². The highest BCUT2D eigenvalue weighted by molar-refractivity contribution is 5.73. The van der Waals surface area contributed by atoms with E-state index in [2.05, 4.69) is 5.32 Å². The Morgan fingerprint density at radius 2 is 1.65 bits per heavy atom. The number of hydrogen-bond acceptors (Lipinski definition) is 16. The van der Waals surface area contributed by atoms with E-state index < -0.39 is 102 Å². The van der Waals surface area contributed by atoms with Crippen LogP contribution in [-0.2, 0) is 53.8 Å². The van der Waals surface area contributed by atoms with Gasteiger partial charge in [0.25, 0.3) is 0 Å². The van der Waals surface area contributed by atoms with Gasteiger partial charge in [-0.15, -0.1) is 0 Å². The molecule has 17 nitrogen and oxygen atoms in total. The second kappa shape index (κ2) is 21.9. The summed E-state index contributed by atoms with van der Waals surface area (Å²) in [5.41, 5.74) is -2.96. The molecule has 0 bridgehead atoms. The zero-order valence-electron chi connectivity index (χ0n) is 41.2. The van der Waals surface area contributed by atoms with Gasteiger partial charge in [-0.2, -0.15) is 0 Å². The molecule has 4 fully saturated rings. The number of benzene rings is 1. The number of cyclic esters (lactones) is 1. The molecule has 0 aliphatic carbocycles. The Bertz CT molecular complexity index is 1720. The van der Waals surface area contributed by atoms with Crippen molar-refractivity contribution in [2.24, 2.45) is 17.8 Å². The Morgan fingerprint density at radius 3 is 2.28 bits per heavy atom. The summed E-state index contributed by atoms with van der Waals surface area (Å²) in [6.07, 6.45) is -8.60. The number of nitrogens with zero attached hydrogens (tertiary/aromatic N) is 2. The van der Waals surface area contributed by atoms with Crippen LogP contribution in [0.15, 0.2) is 30.3 Å². The number of aliphatic hydroxyl groups excluding tert-OH is 1. The maximum Gasteiger partial charge on any atom is 0.509 e. The van der Waals surface area contributed by atoms with Gasteiger partial charge in [-0.05, 0) is 107 Å². The Morgan fingerprint density at radius 1 is 0.969 bits per heavy atom. The number of amides is 1. The van der Waals surface area contributed by atoms with Gasteiger partial charge in [-0.3, -0.25) is 9.69 Å². The van der Waals surface area contributed by atoms with Crippen molar-refractivity contribution >= 4 is 18.2 Å². The molecule has 4 aliphatic heterocycles. The first-order valence-electron chi connectivity index (χ1n) is 23.5. The van der Waals surface area contributed by atoms with Gasteiger partial charge in [0.1, 0.15) is 17.8 Å². The molecule has 1 aromatic carbocycles. The zero-order valence-corrected chi connectivity index (χ0v) is 41.2. The monoisotopic (exact) mass is 922 g/mol. The topological polar surface area (TPSA) is 193 Å². The standard InChI is InChI=1S/C48H79N3O14/c1-15-35-48(10)40(64-45(55)65-48)31(6)51(13)26-27(2)24-46(8,56)39(62-43-37(52)34(50(11)12)23-28(3)58-43)29(4)38(30(5)42(53)60-35)61-36-25-47(9,57-14)41(32(7)59-36)63-44(54)49-22-21-33-19-17-16-18-20-33/h16-20,27-32,34-41,43,52,56H,15,21-26H2,1-14H3,(H,49,54)/t27-,28-,29+,30-,31-,32+,34+,35-,36+,37-,38+,39-,40-,41+,43+,46+,47-,48-/m1/s1. The van der Waals surface area contributed by atoms with Crippen molar-refractivity contribution in [1.82, 2.24) is 15.1 Å². The predicted molar refractivity (Wildman–Crippen MR) is 240 cm³/mol. The van der Waals surface area contributed by atoms with Crippen LogP contribution in [0.25, 0.3) is 0 Å². The lowest BCUT2D eigenvalue weighted by molar-refractivity contribution is -0.317.